The number of benzene rings is 1. The van der Waals surface area contributed by atoms with E-state index in [0.717, 1.165) is 62.9 Å². The van der Waals surface area contributed by atoms with Gasteiger partial charge >= 0.3 is 51.4 Å². The number of allylic oxidation sites excluding steroid dienone is 2. The number of aryl methyl sites for hydroxylation is 1. The minimum Gasteiger partial charge on any atom is -0.626 e. The molecule has 2 aliphatic rings. The molecule has 2 aliphatic heterocycles. The molecule has 0 bridgehead atoms. The predicted octanol–water partition coefficient (Wildman–Crippen LogP) is 1.32. The Balaban J connectivity index is 0.00000320. The van der Waals surface area contributed by atoms with E-state index in [-0.39, 0.29) is 57.3 Å². The van der Waals surface area contributed by atoms with Crippen molar-refractivity contribution in [2.45, 2.75) is 64.7 Å². The van der Waals surface area contributed by atoms with E-state index in [2.05, 4.69) is 43.5 Å². The van der Waals surface area contributed by atoms with E-state index in [9.17, 15) is 4.79 Å². The zero-order valence-corrected chi connectivity index (χ0v) is 22.2. The van der Waals surface area contributed by atoms with Gasteiger partial charge in [0.2, 0.25) is 0 Å². The zero-order valence-electron chi connectivity index (χ0n) is 19.1. The second kappa shape index (κ2) is 11.4. The van der Waals surface area contributed by atoms with Gasteiger partial charge in [-0.1, -0.05) is 35.8 Å². The van der Waals surface area contributed by atoms with E-state index in [1.807, 2.05) is 0 Å². The van der Waals surface area contributed by atoms with Gasteiger partial charge in [0.15, 0.2) is 0 Å². The number of nitrogens with two attached hydrogens (primary N) is 2. The largest absolute Gasteiger partial charge is 1.00 e. The Morgan fingerprint density at radius 3 is 2.57 bits per heavy atom. The second-order valence-electron chi connectivity index (χ2n) is 8.44. The zero-order chi connectivity index (χ0) is 21.0. The summed E-state index contributed by atoms with van der Waals surface area (Å²) in [6.07, 6.45) is 7.24. The molecule has 5 N–H and O–H groups in total. The molecule has 3 rings (SSSR count). The van der Waals surface area contributed by atoms with Crippen molar-refractivity contribution in [2.24, 2.45) is 11.5 Å². The quantitative estimate of drug-likeness (QED) is 0.564. The molecule has 2 heterocycles. The first kappa shape index (κ1) is 25.8. The van der Waals surface area contributed by atoms with Crippen LogP contribution in [0.5, 0.6) is 0 Å². The molecule has 30 heavy (non-hydrogen) atoms. The standard InChI is InChI=1S/C24H36N4O.K/c1-4-18(15-26)19(7-5-6-16(2)14-25)20-13-22-21(12-17(20)3)24(23(29)28-22)8-10-27-11-9-24;/h12-14,27H,4-11,15,25-26H2,1-3H3,(H,28,29);/q;+1/p-1/b16-14+,19-18+;. The van der Waals surface area contributed by atoms with E-state index in [1.54, 1.807) is 6.20 Å². The number of nitrogens with zero attached hydrogens (tertiary/aromatic N) is 1. The van der Waals surface area contributed by atoms with Crippen molar-refractivity contribution in [3.63, 3.8) is 0 Å². The van der Waals surface area contributed by atoms with E-state index in [1.165, 1.54) is 27.8 Å². The molecule has 0 atom stereocenters. The number of piperidine rings is 1. The fourth-order valence-corrected chi connectivity index (χ4v) is 4.78. The number of hydrogen-bond acceptors (Lipinski definition) is 4. The molecule has 1 fully saturated rings. The Kier molecular flexibility index (Phi) is 9.81. The number of carbonyl (C=O) groups excluding carboxylic acids is 1. The maximum atomic E-state index is 12.9. The van der Waals surface area contributed by atoms with Crippen molar-refractivity contribution in [3.05, 3.63) is 51.5 Å². The molecule has 1 aromatic rings. The van der Waals surface area contributed by atoms with Crippen LogP contribution >= 0.6 is 0 Å². The third-order valence-corrected chi connectivity index (χ3v) is 6.65. The first-order valence-electron chi connectivity index (χ1n) is 10.9. The molecule has 0 aliphatic carbocycles. The molecule has 158 valence electrons. The smallest absolute Gasteiger partial charge is 0.626 e. The molecule has 1 amide bonds. The summed E-state index contributed by atoms with van der Waals surface area (Å²) < 4.78 is 0. The minimum absolute atomic E-state index is 0. The second-order valence-corrected chi connectivity index (χ2v) is 8.44. The topological polar surface area (TPSA) is 95.2 Å². The van der Waals surface area contributed by atoms with Crippen LogP contribution in [0.4, 0.5) is 5.69 Å². The Hall–Kier alpha value is -0.474. The average molecular weight is 435 g/mol. The Bertz CT molecular complexity index is 832. The number of nitrogens with one attached hydrogen (secondary N) is 1. The van der Waals surface area contributed by atoms with Crippen molar-refractivity contribution < 1.29 is 56.2 Å². The van der Waals surface area contributed by atoms with E-state index >= 15 is 0 Å². The van der Waals surface area contributed by atoms with Crippen molar-refractivity contribution in [1.82, 2.24) is 5.32 Å². The van der Waals surface area contributed by atoms with Gasteiger partial charge in [-0.15, -0.1) is 5.69 Å². The van der Waals surface area contributed by atoms with Crippen molar-refractivity contribution in [1.29, 1.82) is 0 Å². The SMILES string of the molecule is CC/C(CN)=C(/CCC/C(C)=C/N)c1cc2c(cc1C)C1(CCNCC1)C(=O)[N-]2.[K+]. The Labute approximate surface area is 223 Å². The number of fused-ring (bicyclic) bond motifs is 2. The molecular weight excluding hydrogens is 399 g/mol. The van der Waals surface area contributed by atoms with Crippen LogP contribution in [0, 0.1) is 6.92 Å². The summed E-state index contributed by atoms with van der Waals surface area (Å²) >= 11 is 0. The van der Waals surface area contributed by atoms with Crippen molar-refractivity contribution in [3.8, 4) is 0 Å². The van der Waals surface area contributed by atoms with Crippen LogP contribution in [-0.4, -0.2) is 25.5 Å². The molecule has 0 unspecified atom stereocenters. The van der Waals surface area contributed by atoms with Gasteiger partial charge in [0, 0.05) is 12.0 Å². The summed E-state index contributed by atoms with van der Waals surface area (Å²) in [4.78, 5) is 12.9. The van der Waals surface area contributed by atoms with Crippen LogP contribution in [0.25, 0.3) is 10.9 Å². The van der Waals surface area contributed by atoms with E-state index in [0.29, 0.717) is 6.54 Å². The molecule has 1 aromatic carbocycles. The summed E-state index contributed by atoms with van der Waals surface area (Å²) in [5, 5.41) is 7.87. The average Bonchev–Trinajstić information content (AvgIpc) is 2.98. The van der Waals surface area contributed by atoms with Crippen LogP contribution in [0.2, 0.25) is 0 Å². The predicted molar refractivity (Wildman–Crippen MR) is 121 cm³/mol. The number of carbonyl (C=O) groups is 1. The van der Waals surface area contributed by atoms with Gasteiger partial charge in [-0.2, -0.15) is 0 Å². The maximum Gasteiger partial charge on any atom is 1.00 e. The van der Waals surface area contributed by atoms with Crippen molar-refractivity contribution >= 4 is 17.2 Å². The summed E-state index contributed by atoms with van der Waals surface area (Å²) in [6, 6.07) is 4.37. The van der Waals surface area contributed by atoms with Gasteiger partial charge in [-0.05, 0) is 88.4 Å². The fraction of sp³-hybridized carbons (Fsp3) is 0.542. The van der Waals surface area contributed by atoms with Crippen LogP contribution in [-0.2, 0) is 10.2 Å². The van der Waals surface area contributed by atoms with Crippen LogP contribution in [0.1, 0.15) is 69.1 Å². The molecule has 1 spiro atoms. The molecule has 5 nitrogen and oxygen atoms in total. The minimum atomic E-state index is -0.418. The molecule has 1 saturated heterocycles. The molecule has 6 heteroatoms. The van der Waals surface area contributed by atoms with Gasteiger partial charge in [-0.25, -0.2) is 0 Å². The monoisotopic (exact) mass is 434 g/mol. The molecular formula is C24H35KN4O. The van der Waals surface area contributed by atoms with Gasteiger partial charge in [0.25, 0.3) is 0 Å². The summed E-state index contributed by atoms with van der Waals surface area (Å²) in [6.45, 7) is 8.67. The number of rotatable bonds is 7. The normalized spacial score (nSPS) is 18.5. The Morgan fingerprint density at radius 1 is 1.27 bits per heavy atom. The van der Waals surface area contributed by atoms with Gasteiger partial charge in [0.05, 0.1) is 5.91 Å². The fourth-order valence-electron chi connectivity index (χ4n) is 4.78. The van der Waals surface area contributed by atoms with Crippen molar-refractivity contribution in [2.75, 3.05) is 19.6 Å². The van der Waals surface area contributed by atoms with Crippen LogP contribution in [0.15, 0.2) is 29.5 Å². The third kappa shape index (κ3) is 5.12. The maximum absolute atomic E-state index is 12.9. The molecule has 0 saturated carbocycles. The van der Waals surface area contributed by atoms with Crippen LogP contribution < -0.4 is 68.2 Å². The van der Waals surface area contributed by atoms with Gasteiger partial charge in [-0.3, -0.25) is 0 Å². The summed E-state index contributed by atoms with van der Waals surface area (Å²) in [5.74, 6) is 0.0364. The first-order valence-corrected chi connectivity index (χ1v) is 10.9. The number of amides is 1. The van der Waals surface area contributed by atoms with E-state index in [4.69, 9.17) is 11.5 Å². The van der Waals surface area contributed by atoms with Gasteiger partial charge in [0.1, 0.15) is 0 Å². The molecule has 0 aromatic heterocycles. The first-order chi connectivity index (χ1) is 14.0. The third-order valence-electron chi connectivity index (χ3n) is 6.65. The Morgan fingerprint density at radius 2 is 1.97 bits per heavy atom. The summed E-state index contributed by atoms with van der Waals surface area (Å²) in [5.41, 5.74) is 19.5. The number of hydrogen-bond donors (Lipinski definition) is 3. The summed E-state index contributed by atoms with van der Waals surface area (Å²) in [7, 11) is 0. The molecule has 0 radical (unpaired) electrons. The van der Waals surface area contributed by atoms with Crippen LogP contribution in [0.3, 0.4) is 0 Å². The van der Waals surface area contributed by atoms with Gasteiger partial charge < -0.3 is 26.9 Å². The van der Waals surface area contributed by atoms with E-state index < -0.39 is 5.41 Å².